The molecule has 5 aromatic rings. The number of urea groups is 1. The van der Waals surface area contributed by atoms with E-state index in [1.807, 2.05) is 43.2 Å². The summed E-state index contributed by atoms with van der Waals surface area (Å²) in [5.41, 5.74) is 1.68. The number of carbonyl (C=O) groups excluding carboxylic acids is 1. The molecule has 6 N–H and O–H groups in total. The van der Waals surface area contributed by atoms with Crippen LogP contribution in [0.3, 0.4) is 0 Å². The number of amides is 2. The summed E-state index contributed by atoms with van der Waals surface area (Å²) in [6.07, 6.45) is 1.51. The second-order valence-electron chi connectivity index (χ2n) is 11.3. The monoisotopic (exact) mass is 675 g/mol. The summed E-state index contributed by atoms with van der Waals surface area (Å²) >= 11 is 1.20. The minimum atomic E-state index is -0.799. The van der Waals surface area contributed by atoms with Crippen molar-refractivity contribution in [1.82, 2.24) is 19.4 Å². The van der Waals surface area contributed by atoms with E-state index in [0.29, 0.717) is 52.8 Å². The van der Waals surface area contributed by atoms with E-state index in [2.05, 4.69) is 15.7 Å². The zero-order valence-electron chi connectivity index (χ0n) is 26.8. The number of quaternary nitrogens is 1. The maximum atomic E-state index is 15.0. The lowest BCUT2D eigenvalue weighted by molar-refractivity contribution is -0.530. The number of nitrogens with zero attached hydrogens (tertiary/aromatic N) is 4. The number of hydrazone groups is 1. The quantitative estimate of drug-likeness (QED) is 0.0526. The molecular formula is C34H37F2N8O3S+. The molecule has 0 atom stereocenters. The first-order chi connectivity index (χ1) is 23.1. The largest absolute Gasteiger partial charge is 0.338 e. The molecule has 0 saturated carbocycles. The van der Waals surface area contributed by atoms with Crippen LogP contribution in [0.2, 0.25) is 0 Å². The summed E-state index contributed by atoms with van der Waals surface area (Å²) in [6, 6.07) is 17.3. The summed E-state index contributed by atoms with van der Waals surface area (Å²) in [4.78, 5) is 43.8. The van der Waals surface area contributed by atoms with E-state index in [9.17, 15) is 14.4 Å². The fraction of sp³-hybridized carbons (Fsp3) is 0.235. The fourth-order valence-electron chi connectivity index (χ4n) is 5.38. The Hall–Kier alpha value is -5.18. The SMILES string of the molecule is CCNC(=O)Nc1ccc(-c2sc3c(c2CN(C)CC[NH2+]/C=N\N)c(=O)n(-c2ccc(C)cc2)c(=O)n3Cc2c(F)cccc2F)cc1. The number of benzene rings is 3. The van der Waals surface area contributed by atoms with Crippen molar-refractivity contribution >= 4 is 39.6 Å². The highest BCUT2D eigenvalue weighted by atomic mass is 32.1. The molecule has 0 saturated heterocycles. The topological polar surface area (TPSA) is 143 Å². The number of hydrogen-bond donors (Lipinski definition) is 4. The van der Waals surface area contributed by atoms with Crippen molar-refractivity contribution in [3.63, 3.8) is 0 Å². The van der Waals surface area contributed by atoms with Crippen LogP contribution in [0, 0.1) is 18.6 Å². The number of nitrogens with two attached hydrogens (primary N) is 2. The van der Waals surface area contributed by atoms with Crippen LogP contribution in [0.5, 0.6) is 0 Å². The zero-order valence-corrected chi connectivity index (χ0v) is 27.6. The molecule has 14 heteroatoms. The third-order valence-corrected chi connectivity index (χ3v) is 9.09. The number of likely N-dealkylation sites (N-methyl/N-ethyl adjacent to an activating group) is 1. The Morgan fingerprint density at radius 1 is 1.04 bits per heavy atom. The maximum Gasteiger partial charge on any atom is 0.337 e. The molecule has 0 aliphatic carbocycles. The number of aromatic nitrogens is 2. The normalized spacial score (nSPS) is 11.5. The number of carbonyl (C=O) groups is 1. The lowest BCUT2D eigenvalue weighted by Crippen LogP contribution is -2.84. The van der Waals surface area contributed by atoms with Gasteiger partial charge in [0.05, 0.1) is 24.2 Å². The third-order valence-electron chi connectivity index (χ3n) is 7.78. The first-order valence-electron chi connectivity index (χ1n) is 15.3. The molecule has 0 fully saturated rings. The molecule has 2 aromatic heterocycles. The first-order valence-corrected chi connectivity index (χ1v) is 16.1. The molecule has 2 amide bonds. The molecule has 250 valence electrons. The van der Waals surface area contributed by atoms with Crippen molar-refractivity contribution in [2.24, 2.45) is 10.9 Å². The second kappa shape index (κ2) is 15.2. The van der Waals surface area contributed by atoms with Crippen molar-refractivity contribution in [3.05, 3.63) is 116 Å². The molecule has 3 aromatic carbocycles. The van der Waals surface area contributed by atoms with Gasteiger partial charge in [0, 0.05) is 35.8 Å². The van der Waals surface area contributed by atoms with Crippen LogP contribution in [0.4, 0.5) is 19.3 Å². The van der Waals surface area contributed by atoms with Gasteiger partial charge < -0.3 is 21.8 Å². The van der Waals surface area contributed by atoms with E-state index < -0.39 is 29.4 Å². The molecule has 0 aliphatic rings. The summed E-state index contributed by atoms with van der Waals surface area (Å²) < 4.78 is 32.3. The number of hydrogen-bond acceptors (Lipinski definition) is 7. The molecule has 11 nitrogen and oxygen atoms in total. The predicted octanol–water partition coefficient (Wildman–Crippen LogP) is 3.55. The maximum absolute atomic E-state index is 15.0. The van der Waals surface area contributed by atoms with Crippen LogP contribution in [0.1, 0.15) is 23.6 Å². The Bertz CT molecular complexity index is 2050. The van der Waals surface area contributed by atoms with Gasteiger partial charge in [-0.05, 0) is 68.4 Å². The molecule has 0 bridgehead atoms. The molecule has 0 unspecified atom stereocenters. The Labute approximate surface area is 279 Å². The molecule has 0 radical (unpaired) electrons. The van der Waals surface area contributed by atoms with Crippen LogP contribution in [-0.2, 0) is 13.1 Å². The Kier molecular flexibility index (Phi) is 10.8. The van der Waals surface area contributed by atoms with E-state index in [1.165, 1.54) is 28.3 Å². The third kappa shape index (κ3) is 7.35. The first kappa shape index (κ1) is 34.2. The van der Waals surface area contributed by atoms with Crippen molar-refractivity contribution in [1.29, 1.82) is 0 Å². The van der Waals surface area contributed by atoms with E-state index in [4.69, 9.17) is 5.84 Å². The van der Waals surface area contributed by atoms with Gasteiger partial charge in [-0.2, -0.15) is 0 Å². The summed E-state index contributed by atoms with van der Waals surface area (Å²) in [5, 5.41) is 11.1. The van der Waals surface area contributed by atoms with Gasteiger partial charge in [0.15, 0.2) is 0 Å². The number of aryl methyl sites for hydroxylation is 1. The van der Waals surface area contributed by atoms with Gasteiger partial charge >= 0.3 is 11.7 Å². The highest BCUT2D eigenvalue weighted by Crippen LogP contribution is 2.38. The number of fused-ring (bicyclic) bond motifs is 1. The van der Waals surface area contributed by atoms with E-state index in [0.717, 1.165) is 27.8 Å². The molecular weight excluding hydrogens is 638 g/mol. The van der Waals surface area contributed by atoms with Gasteiger partial charge in [0.25, 0.3) is 5.56 Å². The Balaban J connectivity index is 1.76. The average molecular weight is 676 g/mol. The van der Waals surface area contributed by atoms with E-state index >= 15 is 8.78 Å². The second-order valence-corrected chi connectivity index (χ2v) is 12.3. The lowest BCUT2D eigenvalue weighted by atomic mass is 10.1. The van der Waals surface area contributed by atoms with E-state index in [1.54, 1.807) is 36.4 Å². The summed E-state index contributed by atoms with van der Waals surface area (Å²) in [7, 11) is 1.91. The number of thiophene rings is 1. The van der Waals surface area contributed by atoms with Crippen LogP contribution < -0.4 is 33.0 Å². The van der Waals surface area contributed by atoms with Crippen LogP contribution in [-0.4, -0.2) is 53.1 Å². The minimum absolute atomic E-state index is 0.274. The van der Waals surface area contributed by atoms with Crippen molar-refractivity contribution in [2.75, 3.05) is 32.0 Å². The lowest BCUT2D eigenvalue weighted by Gasteiger charge is -2.17. The standard InChI is InChI=1S/C34H36F2N8O3S/c1-4-39-33(46)41-23-12-10-22(11-13-23)30-26(18-42(3)17-16-38-20-40-37)29-31(45)44(24-14-8-21(2)9-15-24)34(47)43(32(29)48-30)19-25-27(35)6-5-7-28(25)36/h5-15,20H,4,16-19,37H2,1-3H3,(H,38,40)(H2,39,41,46)/p+1. The molecule has 0 spiro atoms. The van der Waals surface area contributed by atoms with Crippen LogP contribution in [0.15, 0.2) is 81.4 Å². The summed E-state index contributed by atoms with van der Waals surface area (Å²) in [6.45, 7) is 5.30. The van der Waals surface area contributed by atoms with Crippen LogP contribution in [0.25, 0.3) is 26.3 Å². The van der Waals surface area contributed by atoms with Crippen molar-refractivity contribution in [3.8, 4) is 16.1 Å². The van der Waals surface area contributed by atoms with Gasteiger partial charge in [-0.15, -0.1) is 16.4 Å². The number of rotatable bonds is 12. The fourth-order valence-corrected chi connectivity index (χ4v) is 6.68. The Morgan fingerprint density at radius 3 is 2.38 bits per heavy atom. The molecule has 2 heterocycles. The van der Waals surface area contributed by atoms with E-state index in [-0.39, 0.29) is 17.0 Å². The van der Waals surface area contributed by atoms with Gasteiger partial charge in [-0.3, -0.25) is 14.3 Å². The zero-order chi connectivity index (χ0) is 34.4. The van der Waals surface area contributed by atoms with Crippen LogP contribution >= 0.6 is 11.3 Å². The van der Waals surface area contributed by atoms with Gasteiger partial charge in [-0.1, -0.05) is 35.9 Å². The van der Waals surface area contributed by atoms with Gasteiger partial charge in [0.1, 0.15) is 16.5 Å². The van der Waals surface area contributed by atoms with Gasteiger partial charge in [0.2, 0.25) is 6.34 Å². The minimum Gasteiger partial charge on any atom is -0.338 e. The predicted molar refractivity (Wildman–Crippen MR) is 186 cm³/mol. The smallest absolute Gasteiger partial charge is 0.337 e. The van der Waals surface area contributed by atoms with Gasteiger partial charge in [-0.25, -0.2) is 22.9 Å². The number of anilines is 1. The number of nitrogens with one attached hydrogen (secondary N) is 2. The number of halogens is 2. The molecule has 5 rings (SSSR count). The van der Waals surface area contributed by atoms with Crippen molar-refractivity contribution in [2.45, 2.75) is 26.9 Å². The van der Waals surface area contributed by atoms with Crippen molar-refractivity contribution < 1.29 is 18.9 Å². The Morgan fingerprint density at radius 2 is 1.73 bits per heavy atom. The highest BCUT2D eigenvalue weighted by Gasteiger charge is 2.25. The molecule has 0 aliphatic heterocycles. The molecule has 48 heavy (non-hydrogen) atoms. The average Bonchev–Trinajstić information content (AvgIpc) is 3.43. The highest BCUT2D eigenvalue weighted by molar-refractivity contribution is 7.22. The summed E-state index contributed by atoms with van der Waals surface area (Å²) in [5.74, 6) is 3.63.